The Morgan fingerprint density at radius 1 is 1.33 bits per heavy atom. The van der Waals surface area contributed by atoms with Gasteiger partial charge in [-0.05, 0) is 46.3 Å². The molecule has 0 amide bonds. The van der Waals surface area contributed by atoms with Gasteiger partial charge in [-0.2, -0.15) is 0 Å². The molecule has 0 saturated carbocycles. The lowest BCUT2D eigenvalue weighted by Gasteiger charge is -2.39. The topological polar surface area (TPSA) is 53.1 Å². The van der Waals surface area contributed by atoms with E-state index in [0.717, 1.165) is 28.8 Å². The normalized spacial score (nSPS) is 18.7. The maximum Gasteiger partial charge on any atom is 0.126 e. The van der Waals surface area contributed by atoms with Gasteiger partial charge in [-0.1, -0.05) is 19.9 Å². The van der Waals surface area contributed by atoms with Crippen molar-refractivity contribution in [3.63, 3.8) is 0 Å². The molecular formula is C14H20BrN3. The molecule has 1 aromatic rings. The minimum absolute atomic E-state index is 0.127. The van der Waals surface area contributed by atoms with E-state index in [1.807, 2.05) is 12.1 Å². The van der Waals surface area contributed by atoms with Crippen LogP contribution in [0.15, 0.2) is 22.7 Å². The van der Waals surface area contributed by atoms with Gasteiger partial charge in [0.05, 0.1) is 5.56 Å². The van der Waals surface area contributed by atoms with E-state index in [1.54, 1.807) is 0 Å². The number of nitrogens with one attached hydrogen (secondary N) is 1. The summed E-state index contributed by atoms with van der Waals surface area (Å²) in [5, 5.41) is 7.73. The van der Waals surface area contributed by atoms with Gasteiger partial charge in [-0.3, -0.25) is 5.41 Å². The minimum Gasteiger partial charge on any atom is -0.384 e. The highest BCUT2D eigenvalue weighted by Gasteiger charge is 2.27. The van der Waals surface area contributed by atoms with E-state index in [1.165, 1.54) is 12.8 Å². The first-order chi connectivity index (χ1) is 8.41. The molecule has 1 saturated heterocycles. The summed E-state index contributed by atoms with van der Waals surface area (Å²) in [4.78, 5) is 2.34. The lowest BCUT2D eigenvalue weighted by atomic mass is 9.82. The lowest BCUT2D eigenvalue weighted by Crippen LogP contribution is -2.38. The van der Waals surface area contributed by atoms with Crippen LogP contribution in [0.4, 0.5) is 5.69 Å². The Kier molecular flexibility index (Phi) is 3.66. The number of anilines is 1. The Labute approximate surface area is 117 Å². The molecule has 1 aliphatic rings. The average Bonchev–Trinajstić information content (AvgIpc) is 2.28. The highest BCUT2D eigenvalue weighted by atomic mass is 79.9. The van der Waals surface area contributed by atoms with E-state index >= 15 is 0 Å². The van der Waals surface area contributed by atoms with Crippen LogP contribution >= 0.6 is 15.9 Å². The van der Waals surface area contributed by atoms with E-state index in [9.17, 15) is 0 Å². The maximum absolute atomic E-state index is 7.73. The van der Waals surface area contributed by atoms with Crippen LogP contribution in [0.25, 0.3) is 0 Å². The summed E-state index contributed by atoms with van der Waals surface area (Å²) in [7, 11) is 0. The third kappa shape index (κ3) is 2.69. The fraction of sp³-hybridized carbons (Fsp3) is 0.500. The highest BCUT2D eigenvalue weighted by molar-refractivity contribution is 9.10. The SMILES string of the molecule is CC1(C)CCN(c2cccc(Br)c2C(=N)N)CC1. The zero-order chi connectivity index (χ0) is 13.3. The fourth-order valence-corrected chi connectivity index (χ4v) is 2.97. The van der Waals surface area contributed by atoms with Crippen LogP contribution in [0.3, 0.4) is 0 Å². The largest absolute Gasteiger partial charge is 0.384 e. The quantitative estimate of drug-likeness (QED) is 0.650. The third-order valence-corrected chi connectivity index (χ3v) is 4.38. The van der Waals surface area contributed by atoms with Crippen molar-refractivity contribution in [1.82, 2.24) is 0 Å². The Morgan fingerprint density at radius 2 is 1.94 bits per heavy atom. The number of halogens is 1. The summed E-state index contributed by atoms with van der Waals surface area (Å²) in [6.45, 7) is 6.70. The molecule has 0 aliphatic carbocycles. The minimum atomic E-state index is 0.127. The van der Waals surface area contributed by atoms with Gasteiger partial charge >= 0.3 is 0 Å². The molecule has 2 rings (SSSR count). The Hall–Kier alpha value is -1.03. The first kappa shape index (κ1) is 13.4. The molecular weight excluding hydrogens is 290 g/mol. The Morgan fingerprint density at radius 3 is 2.50 bits per heavy atom. The number of rotatable bonds is 2. The van der Waals surface area contributed by atoms with Gasteiger partial charge in [-0.25, -0.2) is 0 Å². The van der Waals surface area contributed by atoms with Crippen LogP contribution in [-0.2, 0) is 0 Å². The molecule has 1 heterocycles. The third-order valence-electron chi connectivity index (χ3n) is 3.72. The van der Waals surface area contributed by atoms with Gasteiger partial charge in [0.15, 0.2) is 0 Å². The Bertz CT molecular complexity index is 458. The molecule has 3 N–H and O–H groups in total. The van der Waals surface area contributed by atoms with Crippen LogP contribution in [0.1, 0.15) is 32.3 Å². The van der Waals surface area contributed by atoms with Gasteiger partial charge < -0.3 is 10.6 Å². The summed E-state index contributed by atoms with van der Waals surface area (Å²) in [5.74, 6) is 0.127. The molecule has 98 valence electrons. The second-order valence-electron chi connectivity index (χ2n) is 5.70. The fourth-order valence-electron chi connectivity index (χ4n) is 2.40. The maximum atomic E-state index is 7.73. The molecule has 18 heavy (non-hydrogen) atoms. The number of nitrogen functional groups attached to an aromatic ring is 1. The van der Waals surface area contributed by atoms with Gasteiger partial charge in [0.25, 0.3) is 0 Å². The van der Waals surface area contributed by atoms with Crippen molar-refractivity contribution >= 4 is 27.5 Å². The first-order valence-corrected chi connectivity index (χ1v) is 7.08. The molecule has 1 aromatic carbocycles. The monoisotopic (exact) mass is 309 g/mol. The Balaban J connectivity index is 2.30. The number of benzene rings is 1. The summed E-state index contributed by atoms with van der Waals surface area (Å²) in [6.07, 6.45) is 2.35. The van der Waals surface area contributed by atoms with Crippen molar-refractivity contribution in [1.29, 1.82) is 5.41 Å². The molecule has 0 spiro atoms. The van der Waals surface area contributed by atoms with E-state index in [-0.39, 0.29) is 5.84 Å². The molecule has 0 atom stereocenters. The van der Waals surface area contributed by atoms with Crippen LogP contribution in [0.2, 0.25) is 0 Å². The number of nitrogens with two attached hydrogens (primary N) is 1. The lowest BCUT2D eigenvalue weighted by molar-refractivity contribution is 0.280. The summed E-state index contributed by atoms with van der Waals surface area (Å²) < 4.78 is 0.900. The summed E-state index contributed by atoms with van der Waals surface area (Å²) in [5.41, 5.74) is 8.02. The molecule has 1 aliphatic heterocycles. The van der Waals surface area contributed by atoms with Gasteiger partial charge in [0.1, 0.15) is 5.84 Å². The van der Waals surface area contributed by atoms with Crippen molar-refractivity contribution in [2.75, 3.05) is 18.0 Å². The number of amidine groups is 1. The number of nitrogens with zero attached hydrogens (tertiary/aromatic N) is 1. The van der Waals surface area contributed by atoms with E-state index < -0.39 is 0 Å². The predicted molar refractivity (Wildman–Crippen MR) is 80.4 cm³/mol. The van der Waals surface area contributed by atoms with Gasteiger partial charge in [0, 0.05) is 23.2 Å². The second kappa shape index (κ2) is 4.92. The summed E-state index contributed by atoms with van der Waals surface area (Å²) in [6, 6.07) is 6.00. The van der Waals surface area contributed by atoms with Crippen LogP contribution in [-0.4, -0.2) is 18.9 Å². The van der Waals surface area contributed by atoms with Crippen molar-refractivity contribution in [2.24, 2.45) is 11.1 Å². The van der Waals surface area contributed by atoms with E-state index in [4.69, 9.17) is 11.1 Å². The molecule has 1 fully saturated rings. The average molecular weight is 310 g/mol. The van der Waals surface area contributed by atoms with Crippen LogP contribution < -0.4 is 10.6 Å². The standard InChI is InChI=1S/C14H20BrN3/c1-14(2)6-8-18(9-7-14)11-5-3-4-10(15)12(11)13(16)17/h3-5H,6-9H2,1-2H3,(H3,16,17). The van der Waals surface area contributed by atoms with Crippen molar-refractivity contribution < 1.29 is 0 Å². The first-order valence-electron chi connectivity index (χ1n) is 6.28. The zero-order valence-electron chi connectivity index (χ0n) is 11.0. The molecule has 0 bridgehead atoms. The van der Waals surface area contributed by atoms with Crippen LogP contribution in [0.5, 0.6) is 0 Å². The van der Waals surface area contributed by atoms with Gasteiger partial charge in [-0.15, -0.1) is 0 Å². The summed E-state index contributed by atoms with van der Waals surface area (Å²) >= 11 is 3.49. The highest BCUT2D eigenvalue weighted by Crippen LogP contribution is 2.35. The number of hydrogen-bond donors (Lipinski definition) is 2. The van der Waals surface area contributed by atoms with Crippen LogP contribution in [0, 0.1) is 10.8 Å². The van der Waals surface area contributed by atoms with Crippen molar-refractivity contribution in [2.45, 2.75) is 26.7 Å². The molecule has 3 nitrogen and oxygen atoms in total. The molecule has 0 radical (unpaired) electrons. The molecule has 0 aromatic heterocycles. The predicted octanol–water partition coefficient (Wildman–Crippen LogP) is 3.36. The van der Waals surface area contributed by atoms with E-state index in [0.29, 0.717) is 5.41 Å². The molecule has 4 heteroatoms. The van der Waals surface area contributed by atoms with Crippen molar-refractivity contribution in [3.05, 3.63) is 28.2 Å². The number of piperidine rings is 1. The zero-order valence-corrected chi connectivity index (χ0v) is 12.5. The van der Waals surface area contributed by atoms with E-state index in [2.05, 4.69) is 40.7 Å². The second-order valence-corrected chi connectivity index (χ2v) is 6.55. The smallest absolute Gasteiger partial charge is 0.126 e. The van der Waals surface area contributed by atoms with Crippen molar-refractivity contribution in [3.8, 4) is 0 Å². The number of hydrogen-bond acceptors (Lipinski definition) is 2. The molecule has 0 unspecified atom stereocenters. The van der Waals surface area contributed by atoms with Gasteiger partial charge in [0.2, 0.25) is 0 Å².